The molecule has 3 rings (SSSR count). The topological polar surface area (TPSA) is 35.2 Å². The Kier molecular flexibility index (Phi) is 3.86. The third-order valence-corrected chi connectivity index (χ3v) is 4.09. The predicted octanol–water partition coefficient (Wildman–Crippen LogP) is 3.16. The molecular formula is C18H21NO. The van der Waals surface area contributed by atoms with E-state index in [4.69, 9.17) is 10.5 Å². The average Bonchev–Trinajstić information content (AvgIpc) is 3.11. The van der Waals surface area contributed by atoms with Crippen molar-refractivity contribution in [2.75, 3.05) is 6.61 Å². The van der Waals surface area contributed by atoms with Crippen LogP contribution in [0.15, 0.2) is 60.7 Å². The van der Waals surface area contributed by atoms with Gasteiger partial charge in [-0.2, -0.15) is 0 Å². The number of hydrogen-bond acceptors (Lipinski definition) is 2. The van der Waals surface area contributed by atoms with Crippen LogP contribution in [0.25, 0.3) is 0 Å². The third-order valence-electron chi connectivity index (χ3n) is 4.09. The van der Waals surface area contributed by atoms with Gasteiger partial charge in [-0.3, -0.25) is 0 Å². The zero-order valence-corrected chi connectivity index (χ0v) is 11.7. The molecule has 20 heavy (non-hydrogen) atoms. The van der Waals surface area contributed by atoms with Gasteiger partial charge in [0.25, 0.3) is 0 Å². The van der Waals surface area contributed by atoms with Gasteiger partial charge in [-0.05, 0) is 29.9 Å². The molecule has 0 bridgehead atoms. The van der Waals surface area contributed by atoms with E-state index in [9.17, 15) is 0 Å². The van der Waals surface area contributed by atoms with Gasteiger partial charge in [-0.25, -0.2) is 0 Å². The smallest absolute Gasteiger partial charge is 0.0717 e. The zero-order valence-electron chi connectivity index (χ0n) is 11.7. The first-order valence-electron chi connectivity index (χ1n) is 7.21. The molecule has 1 aliphatic carbocycles. The van der Waals surface area contributed by atoms with Gasteiger partial charge in [0.15, 0.2) is 0 Å². The molecule has 2 heteroatoms. The molecule has 0 spiro atoms. The van der Waals surface area contributed by atoms with Gasteiger partial charge >= 0.3 is 0 Å². The molecule has 2 N–H and O–H groups in total. The number of nitrogens with two attached hydrogens (primary N) is 1. The fourth-order valence-electron chi connectivity index (χ4n) is 2.68. The van der Waals surface area contributed by atoms with E-state index in [-0.39, 0.29) is 5.54 Å². The first-order chi connectivity index (χ1) is 9.76. The number of rotatable bonds is 6. The highest BCUT2D eigenvalue weighted by Crippen LogP contribution is 2.43. The van der Waals surface area contributed by atoms with Crippen LogP contribution in [0.3, 0.4) is 0 Å². The summed E-state index contributed by atoms with van der Waals surface area (Å²) in [4.78, 5) is 0. The van der Waals surface area contributed by atoms with Crippen molar-refractivity contribution in [3.05, 3.63) is 71.8 Å². The number of ether oxygens (including phenoxy) is 1. The molecule has 0 aromatic heterocycles. The second-order valence-electron chi connectivity index (χ2n) is 5.80. The molecule has 0 radical (unpaired) electrons. The third kappa shape index (κ3) is 3.27. The van der Waals surface area contributed by atoms with Crippen molar-refractivity contribution >= 4 is 0 Å². The van der Waals surface area contributed by atoms with Crippen LogP contribution in [0.2, 0.25) is 0 Å². The summed E-state index contributed by atoms with van der Waals surface area (Å²) in [5, 5.41) is 0. The van der Waals surface area contributed by atoms with E-state index in [0.29, 0.717) is 19.1 Å². The maximum absolute atomic E-state index is 6.38. The fourth-order valence-corrected chi connectivity index (χ4v) is 2.68. The largest absolute Gasteiger partial charge is 0.375 e. The van der Waals surface area contributed by atoms with Gasteiger partial charge in [-0.15, -0.1) is 0 Å². The van der Waals surface area contributed by atoms with Gasteiger partial charge in [0, 0.05) is 5.54 Å². The molecule has 1 saturated carbocycles. The summed E-state index contributed by atoms with van der Waals surface area (Å²) in [5.74, 6) is 0.556. The van der Waals surface area contributed by atoms with Crippen LogP contribution in [-0.2, 0) is 17.8 Å². The van der Waals surface area contributed by atoms with E-state index < -0.39 is 0 Å². The Balaban J connectivity index is 1.45. The maximum Gasteiger partial charge on any atom is 0.0717 e. The van der Waals surface area contributed by atoms with Crippen molar-refractivity contribution in [1.82, 2.24) is 0 Å². The van der Waals surface area contributed by atoms with Crippen LogP contribution < -0.4 is 5.73 Å². The Hall–Kier alpha value is -1.64. The molecule has 0 amide bonds. The molecule has 2 aromatic carbocycles. The SMILES string of the molecule is N[C@@]1(COCc2ccccc2)C[C@H]1Cc1ccccc1. The van der Waals surface area contributed by atoms with Crippen LogP contribution in [0.4, 0.5) is 0 Å². The summed E-state index contributed by atoms with van der Waals surface area (Å²) >= 11 is 0. The highest BCUT2D eigenvalue weighted by molar-refractivity contribution is 5.20. The molecule has 1 aliphatic rings. The zero-order chi connectivity index (χ0) is 13.8. The first-order valence-corrected chi connectivity index (χ1v) is 7.21. The fraction of sp³-hybridized carbons (Fsp3) is 0.333. The van der Waals surface area contributed by atoms with Gasteiger partial charge in [0.1, 0.15) is 0 Å². The van der Waals surface area contributed by atoms with E-state index in [1.807, 2.05) is 18.2 Å². The lowest BCUT2D eigenvalue weighted by Gasteiger charge is -2.12. The molecule has 0 heterocycles. The van der Waals surface area contributed by atoms with E-state index in [1.54, 1.807) is 0 Å². The number of benzene rings is 2. The summed E-state index contributed by atoms with van der Waals surface area (Å²) in [7, 11) is 0. The van der Waals surface area contributed by atoms with Crippen LogP contribution in [0, 0.1) is 5.92 Å². The van der Waals surface area contributed by atoms with Gasteiger partial charge in [0.2, 0.25) is 0 Å². The van der Waals surface area contributed by atoms with E-state index in [0.717, 1.165) is 12.8 Å². The second-order valence-corrected chi connectivity index (χ2v) is 5.80. The molecule has 0 unspecified atom stereocenters. The van der Waals surface area contributed by atoms with Crippen LogP contribution in [-0.4, -0.2) is 12.1 Å². The average molecular weight is 267 g/mol. The van der Waals surface area contributed by atoms with Gasteiger partial charge < -0.3 is 10.5 Å². The van der Waals surface area contributed by atoms with Crippen molar-refractivity contribution in [3.63, 3.8) is 0 Å². The molecule has 0 aliphatic heterocycles. The van der Waals surface area contributed by atoms with Crippen molar-refractivity contribution in [2.45, 2.75) is 25.0 Å². The molecule has 0 saturated heterocycles. The lowest BCUT2D eigenvalue weighted by atomic mass is 10.1. The van der Waals surface area contributed by atoms with Crippen molar-refractivity contribution < 1.29 is 4.74 Å². The van der Waals surface area contributed by atoms with Crippen molar-refractivity contribution in [1.29, 1.82) is 0 Å². The highest BCUT2D eigenvalue weighted by Gasteiger charge is 2.50. The predicted molar refractivity (Wildman–Crippen MR) is 81.3 cm³/mol. The maximum atomic E-state index is 6.38. The van der Waals surface area contributed by atoms with Crippen LogP contribution in [0.5, 0.6) is 0 Å². The first kappa shape index (κ1) is 13.3. The lowest BCUT2D eigenvalue weighted by molar-refractivity contribution is 0.0980. The normalized spacial score (nSPS) is 24.6. The Labute approximate surface area is 120 Å². The molecule has 2 nitrogen and oxygen atoms in total. The summed E-state index contributed by atoms with van der Waals surface area (Å²) in [6.07, 6.45) is 2.13. The van der Waals surface area contributed by atoms with E-state index >= 15 is 0 Å². The molecule has 1 fully saturated rings. The molecule has 2 atom stereocenters. The van der Waals surface area contributed by atoms with E-state index in [2.05, 4.69) is 42.5 Å². The Bertz CT molecular complexity index is 540. The summed E-state index contributed by atoms with van der Waals surface area (Å²) in [6, 6.07) is 20.8. The van der Waals surface area contributed by atoms with Crippen molar-refractivity contribution in [2.24, 2.45) is 11.7 Å². The Morgan fingerprint density at radius 2 is 1.55 bits per heavy atom. The Morgan fingerprint density at radius 3 is 2.20 bits per heavy atom. The molecule has 2 aromatic rings. The van der Waals surface area contributed by atoms with Crippen LogP contribution >= 0.6 is 0 Å². The second kappa shape index (κ2) is 5.78. The van der Waals surface area contributed by atoms with Gasteiger partial charge in [-0.1, -0.05) is 60.7 Å². The van der Waals surface area contributed by atoms with E-state index in [1.165, 1.54) is 11.1 Å². The standard InChI is InChI=1S/C18H21NO/c19-18(14-20-13-16-9-5-2-6-10-16)12-17(18)11-15-7-3-1-4-8-15/h1-10,17H,11-14,19H2/t17-,18-/m1/s1. The molecular weight excluding hydrogens is 246 g/mol. The highest BCUT2D eigenvalue weighted by atomic mass is 16.5. The summed E-state index contributed by atoms with van der Waals surface area (Å²) in [5.41, 5.74) is 8.83. The van der Waals surface area contributed by atoms with Gasteiger partial charge in [0.05, 0.1) is 13.2 Å². The Morgan fingerprint density at radius 1 is 0.950 bits per heavy atom. The summed E-state index contributed by atoms with van der Waals surface area (Å²) in [6.45, 7) is 1.30. The lowest BCUT2D eigenvalue weighted by Crippen LogP contribution is -2.31. The quantitative estimate of drug-likeness (QED) is 0.872. The summed E-state index contributed by atoms with van der Waals surface area (Å²) < 4.78 is 5.79. The molecule has 104 valence electrons. The number of hydrogen-bond donors (Lipinski definition) is 1. The van der Waals surface area contributed by atoms with Crippen LogP contribution in [0.1, 0.15) is 17.5 Å². The monoisotopic (exact) mass is 267 g/mol. The minimum absolute atomic E-state index is 0.120. The minimum atomic E-state index is -0.120. The van der Waals surface area contributed by atoms with Crippen molar-refractivity contribution in [3.8, 4) is 0 Å². The minimum Gasteiger partial charge on any atom is -0.375 e.